The average Bonchev–Trinajstić information content (AvgIpc) is 2.62. The average molecular weight is 332 g/mol. The Kier molecular flexibility index (Phi) is 6.29. The van der Waals surface area contributed by atoms with E-state index in [4.69, 9.17) is 12.2 Å². The van der Waals surface area contributed by atoms with Crippen LogP contribution in [0.1, 0.15) is 29.6 Å². The van der Waals surface area contributed by atoms with Crippen LogP contribution in [0.4, 0.5) is 0 Å². The van der Waals surface area contributed by atoms with Crippen molar-refractivity contribution in [2.45, 2.75) is 19.3 Å². The van der Waals surface area contributed by atoms with Gasteiger partial charge in [-0.15, -0.1) is 0 Å². The SMILES string of the molecule is COC(=O)/C=C/N(C(=O)c1ccccc1)C(=S)N1CCCCC1. The molecule has 1 aliphatic heterocycles. The van der Waals surface area contributed by atoms with E-state index in [2.05, 4.69) is 4.74 Å². The van der Waals surface area contributed by atoms with Gasteiger partial charge in [0.15, 0.2) is 5.11 Å². The molecule has 23 heavy (non-hydrogen) atoms. The Balaban J connectivity index is 2.23. The van der Waals surface area contributed by atoms with Crippen molar-refractivity contribution in [1.82, 2.24) is 9.80 Å². The number of carbonyl (C=O) groups excluding carboxylic acids is 2. The third-order valence-corrected chi connectivity index (χ3v) is 4.09. The van der Waals surface area contributed by atoms with E-state index in [-0.39, 0.29) is 5.91 Å². The Morgan fingerprint density at radius 2 is 1.83 bits per heavy atom. The fraction of sp³-hybridized carbons (Fsp3) is 0.353. The normalized spacial score (nSPS) is 14.6. The lowest BCUT2D eigenvalue weighted by Gasteiger charge is -2.33. The minimum atomic E-state index is -0.530. The smallest absolute Gasteiger partial charge is 0.331 e. The highest BCUT2D eigenvalue weighted by Crippen LogP contribution is 2.14. The zero-order valence-electron chi connectivity index (χ0n) is 13.1. The zero-order chi connectivity index (χ0) is 16.7. The lowest BCUT2D eigenvalue weighted by atomic mass is 10.1. The third kappa shape index (κ3) is 4.63. The molecule has 0 aromatic heterocycles. The maximum Gasteiger partial charge on any atom is 0.331 e. The van der Waals surface area contributed by atoms with Crippen LogP contribution < -0.4 is 0 Å². The van der Waals surface area contributed by atoms with Gasteiger partial charge in [-0.3, -0.25) is 9.69 Å². The molecule has 0 N–H and O–H groups in total. The Morgan fingerprint density at radius 3 is 2.43 bits per heavy atom. The Labute approximate surface area is 141 Å². The second-order valence-corrected chi connectivity index (χ2v) is 5.58. The van der Waals surface area contributed by atoms with Gasteiger partial charge in [0.1, 0.15) is 0 Å². The number of esters is 1. The molecule has 1 aromatic rings. The summed E-state index contributed by atoms with van der Waals surface area (Å²) in [5.74, 6) is -0.793. The van der Waals surface area contributed by atoms with E-state index in [0.29, 0.717) is 10.7 Å². The number of benzene rings is 1. The Morgan fingerprint density at radius 1 is 1.17 bits per heavy atom. The number of nitrogens with zero attached hydrogens (tertiary/aromatic N) is 2. The van der Waals surface area contributed by atoms with E-state index in [1.165, 1.54) is 30.7 Å². The fourth-order valence-electron chi connectivity index (χ4n) is 2.38. The van der Waals surface area contributed by atoms with Crippen LogP contribution >= 0.6 is 12.2 Å². The number of carbonyl (C=O) groups is 2. The van der Waals surface area contributed by atoms with E-state index < -0.39 is 5.97 Å². The summed E-state index contributed by atoms with van der Waals surface area (Å²) < 4.78 is 4.59. The molecule has 6 heteroatoms. The lowest BCUT2D eigenvalue weighted by molar-refractivity contribution is -0.134. The molecular weight excluding hydrogens is 312 g/mol. The summed E-state index contributed by atoms with van der Waals surface area (Å²) in [5.41, 5.74) is 0.515. The lowest BCUT2D eigenvalue weighted by Crippen LogP contribution is -2.45. The molecule has 2 rings (SSSR count). The first-order valence-corrected chi connectivity index (χ1v) is 7.98. The molecule has 1 amide bonds. The summed E-state index contributed by atoms with van der Waals surface area (Å²) in [7, 11) is 1.29. The summed E-state index contributed by atoms with van der Waals surface area (Å²) >= 11 is 5.49. The van der Waals surface area contributed by atoms with Crippen molar-refractivity contribution in [3.8, 4) is 0 Å². The van der Waals surface area contributed by atoms with Crippen LogP contribution in [-0.4, -0.2) is 47.0 Å². The van der Waals surface area contributed by atoms with E-state index in [1.54, 1.807) is 24.3 Å². The standard InChI is InChI=1S/C17H20N2O3S/c1-22-15(20)10-13-19(16(21)14-8-4-2-5-9-14)17(23)18-11-6-3-7-12-18/h2,4-5,8-10,13H,3,6-7,11-12H2,1H3/b13-10+. The molecule has 1 heterocycles. The molecule has 1 fully saturated rings. The Hall–Kier alpha value is -2.21. The summed E-state index contributed by atoms with van der Waals surface area (Å²) in [4.78, 5) is 27.5. The van der Waals surface area contributed by atoms with Crippen LogP contribution in [0.3, 0.4) is 0 Å². The topological polar surface area (TPSA) is 49.9 Å². The van der Waals surface area contributed by atoms with Gasteiger partial charge < -0.3 is 9.64 Å². The van der Waals surface area contributed by atoms with Crippen LogP contribution in [0.15, 0.2) is 42.6 Å². The van der Waals surface area contributed by atoms with Crippen LogP contribution in [0, 0.1) is 0 Å². The van der Waals surface area contributed by atoms with Crippen molar-refractivity contribution < 1.29 is 14.3 Å². The quantitative estimate of drug-likeness (QED) is 0.484. The van der Waals surface area contributed by atoms with Crippen LogP contribution in [-0.2, 0) is 9.53 Å². The molecule has 0 aliphatic carbocycles. The predicted octanol–water partition coefficient (Wildman–Crippen LogP) is 2.59. The first-order chi connectivity index (χ1) is 11.1. The number of ether oxygens (including phenoxy) is 1. The molecule has 1 aromatic carbocycles. The largest absolute Gasteiger partial charge is 0.466 e. The highest BCUT2D eigenvalue weighted by atomic mass is 32.1. The fourth-order valence-corrected chi connectivity index (χ4v) is 2.71. The van der Waals surface area contributed by atoms with Gasteiger partial charge in [-0.2, -0.15) is 0 Å². The number of likely N-dealkylation sites (tertiary alicyclic amines) is 1. The van der Waals surface area contributed by atoms with Crippen LogP contribution in [0.5, 0.6) is 0 Å². The predicted molar refractivity (Wildman–Crippen MR) is 91.8 cm³/mol. The van der Waals surface area contributed by atoms with Gasteiger partial charge in [-0.25, -0.2) is 4.79 Å². The maximum atomic E-state index is 12.7. The molecule has 0 unspecified atom stereocenters. The van der Waals surface area contributed by atoms with Crippen molar-refractivity contribution >= 4 is 29.2 Å². The molecule has 0 atom stereocenters. The zero-order valence-corrected chi connectivity index (χ0v) is 13.9. The van der Waals surface area contributed by atoms with Gasteiger partial charge >= 0.3 is 5.97 Å². The molecule has 0 spiro atoms. The number of thiocarbonyl (C=S) groups is 1. The summed E-state index contributed by atoms with van der Waals surface area (Å²) in [6.07, 6.45) is 5.86. The second kappa shape index (κ2) is 8.43. The number of piperidine rings is 1. The van der Waals surface area contributed by atoms with Gasteiger partial charge in [0.25, 0.3) is 5.91 Å². The number of hydrogen-bond donors (Lipinski definition) is 0. The van der Waals surface area contributed by atoms with Crippen molar-refractivity contribution in [2.24, 2.45) is 0 Å². The van der Waals surface area contributed by atoms with Crippen LogP contribution in [0.25, 0.3) is 0 Å². The van der Waals surface area contributed by atoms with Crippen molar-refractivity contribution in [3.63, 3.8) is 0 Å². The molecule has 0 radical (unpaired) electrons. The van der Waals surface area contributed by atoms with Crippen molar-refractivity contribution in [1.29, 1.82) is 0 Å². The molecule has 122 valence electrons. The first-order valence-electron chi connectivity index (χ1n) is 7.57. The van der Waals surface area contributed by atoms with Gasteiger partial charge in [0, 0.05) is 30.9 Å². The number of hydrogen-bond acceptors (Lipinski definition) is 4. The summed E-state index contributed by atoms with van der Waals surface area (Å²) in [6, 6.07) is 8.87. The minimum absolute atomic E-state index is 0.263. The number of rotatable bonds is 3. The van der Waals surface area contributed by atoms with Crippen molar-refractivity contribution in [2.75, 3.05) is 20.2 Å². The van der Waals surface area contributed by atoms with Gasteiger partial charge in [-0.05, 0) is 43.6 Å². The maximum absolute atomic E-state index is 12.7. The third-order valence-electron chi connectivity index (χ3n) is 3.63. The van der Waals surface area contributed by atoms with Crippen molar-refractivity contribution in [3.05, 3.63) is 48.2 Å². The summed E-state index contributed by atoms with van der Waals surface area (Å²) in [5, 5.41) is 0.415. The van der Waals surface area contributed by atoms with E-state index in [1.807, 2.05) is 11.0 Å². The molecular formula is C17H20N2O3S. The highest BCUT2D eigenvalue weighted by Gasteiger charge is 2.23. The van der Waals surface area contributed by atoms with Gasteiger partial charge in [0.05, 0.1) is 7.11 Å². The molecule has 1 saturated heterocycles. The Bertz CT molecular complexity index is 595. The molecule has 5 nitrogen and oxygen atoms in total. The first kappa shape index (κ1) is 17.1. The second-order valence-electron chi connectivity index (χ2n) is 5.21. The van der Waals surface area contributed by atoms with E-state index >= 15 is 0 Å². The number of amides is 1. The summed E-state index contributed by atoms with van der Waals surface area (Å²) in [6.45, 7) is 1.65. The van der Waals surface area contributed by atoms with Crippen LogP contribution in [0.2, 0.25) is 0 Å². The minimum Gasteiger partial charge on any atom is -0.466 e. The molecule has 1 aliphatic rings. The monoisotopic (exact) mass is 332 g/mol. The molecule has 0 saturated carbocycles. The van der Waals surface area contributed by atoms with E-state index in [0.717, 1.165) is 25.9 Å². The van der Waals surface area contributed by atoms with E-state index in [9.17, 15) is 9.59 Å². The van der Waals surface area contributed by atoms with Gasteiger partial charge in [-0.1, -0.05) is 18.2 Å². The molecule has 0 bridgehead atoms. The van der Waals surface area contributed by atoms with Gasteiger partial charge in [0.2, 0.25) is 0 Å². The number of methoxy groups -OCH3 is 1. The highest BCUT2D eigenvalue weighted by molar-refractivity contribution is 7.80.